The Hall–Kier alpha value is -1.85. The number of hydrogen-bond acceptors (Lipinski definition) is 3. The zero-order valence-corrected chi connectivity index (χ0v) is 11.8. The van der Waals surface area contributed by atoms with E-state index in [1.165, 1.54) is 0 Å². The van der Waals surface area contributed by atoms with Crippen molar-refractivity contribution in [3.05, 3.63) is 32.1 Å². The second kappa shape index (κ2) is 6.36. The third-order valence-electron chi connectivity index (χ3n) is 3.25. The van der Waals surface area contributed by atoms with Crippen LogP contribution in [0.3, 0.4) is 0 Å². The van der Waals surface area contributed by atoms with Crippen LogP contribution in [0.25, 0.3) is 0 Å². The average molecular weight is 267 g/mol. The Balaban J connectivity index is 2.66. The molecule has 0 aliphatic rings. The molecule has 19 heavy (non-hydrogen) atoms. The Labute approximate surface area is 111 Å². The summed E-state index contributed by atoms with van der Waals surface area (Å²) in [7, 11) is 0. The monoisotopic (exact) mass is 267 g/mol. The number of aryl methyl sites for hydroxylation is 1. The van der Waals surface area contributed by atoms with Gasteiger partial charge in [-0.15, -0.1) is 0 Å². The van der Waals surface area contributed by atoms with Crippen LogP contribution < -0.4 is 16.6 Å². The van der Waals surface area contributed by atoms with E-state index in [4.69, 9.17) is 0 Å². The lowest BCUT2D eigenvalue weighted by Gasteiger charge is -2.17. The minimum absolute atomic E-state index is 0.0915. The molecule has 0 aliphatic heterocycles. The summed E-state index contributed by atoms with van der Waals surface area (Å²) in [6.07, 6.45) is 0.543. The molecule has 0 aliphatic carbocycles. The van der Waals surface area contributed by atoms with Gasteiger partial charge in [0.1, 0.15) is 0 Å². The van der Waals surface area contributed by atoms with E-state index in [2.05, 4.69) is 15.3 Å². The van der Waals surface area contributed by atoms with Crippen LogP contribution in [-0.4, -0.2) is 21.9 Å². The number of amides is 1. The van der Waals surface area contributed by atoms with Gasteiger partial charge in [0, 0.05) is 23.7 Å². The van der Waals surface area contributed by atoms with E-state index in [1.54, 1.807) is 6.92 Å². The molecule has 1 unspecified atom stereocenters. The lowest BCUT2D eigenvalue weighted by Crippen LogP contribution is -2.36. The standard InChI is InChI=1S/C13H21N3O3/c1-7(2)8(3)14-11(17)6-5-10-9(4)15-13(19)16-12(10)18/h7-8H,5-6H2,1-4H3,(H,14,17)(H2,15,16,18,19). The smallest absolute Gasteiger partial charge is 0.325 e. The molecule has 0 fully saturated rings. The van der Waals surface area contributed by atoms with Gasteiger partial charge in [-0.1, -0.05) is 13.8 Å². The SMILES string of the molecule is Cc1[nH]c(=O)[nH]c(=O)c1CCC(=O)NC(C)C(C)C. The molecule has 1 amide bonds. The van der Waals surface area contributed by atoms with Gasteiger partial charge in [-0.05, 0) is 26.2 Å². The van der Waals surface area contributed by atoms with Crippen LogP contribution in [0, 0.1) is 12.8 Å². The van der Waals surface area contributed by atoms with Gasteiger partial charge in [-0.3, -0.25) is 14.6 Å². The van der Waals surface area contributed by atoms with Crippen molar-refractivity contribution >= 4 is 5.91 Å². The molecular formula is C13H21N3O3. The summed E-state index contributed by atoms with van der Waals surface area (Å²) < 4.78 is 0. The zero-order valence-electron chi connectivity index (χ0n) is 11.8. The number of carbonyl (C=O) groups excluding carboxylic acids is 1. The highest BCUT2D eigenvalue weighted by Crippen LogP contribution is 2.03. The lowest BCUT2D eigenvalue weighted by molar-refractivity contribution is -0.121. The fraction of sp³-hybridized carbons (Fsp3) is 0.615. The summed E-state index contributed by atoms with van der Waals surface area (Å²) in [4.78, 5) is 39.0. The van der Waals surface area contributed by atoms with Gasteiger partial charge in [0.05, 0.1) is 0 Å². The Morgan fingerprint density at radius 1 is 1.21 bits per heavy atom. The van der Waals surface area contributed by atoms with Gasteiger partial charge >= 0.3 is 5.69 Å². The highest BCUT2D eigenvalue weighted by molar-refractivity contribution is 5.76. The predicted molar refractivity (Wildman–Crippen MR) is 73.2 cm³/mol. The van der Waals surface area contributed by atoms with E-state index < -0.39 is 11.2 Å². The molecule has 3 N–H and O–H groups in total. The third-order valence-corrected chi connectivity index (χ3v) is 3.25. The molecule has 1 aromatic heterocycles. The number of H-pyrrole nitrogens is 2. The Morgan fingerprint density at radius 3 is 2.37 bits per heavy atom. The first-order valence-electron chi connectivity index (χ1n) is 6.42. The fourth-order valence-corrected chi connectivity index (χ4v) is 1.66. The van der Waals surface area contributed by atoms with Crippen LogP contribution in [0.2, 0.25) is 0 Å². The molecule has 6 heteroatoms. The van der Waals surface area contributed by atoms with E-state index in [0.717, 1.165) is 0 Å². The normalized spacial score (nSPS) is 12.5. The van der Waals surface area contributed by atoms with Gasteiger partial charge in [0.15, 0.2) is 0 Å². The van der Waals surface area contributed by atoms with E-state index in [9.17, 15) is 14.4 Å². The zero-order chi connectivity index (χ0) is 14.6. The highest BCUT2D eigenvalue weighted by atomic mass is 16.2. The molecule has 1 heterocycles. The van der Waals surface area contributed by atoms with Crippen molar-refractivity contribution in [1.29, 1.82) is 0 Å². The number of aromatic nitrogens is 2. The van der Waals surface area contributed by atoms with Crippen molar-refractivity contribution in [2.45, 2.75) is 46.6 Å². The summed E-state index contributed by atoms with van der Waals surface area (Å²) in [6.45, 7) is 7.66. The Morgan fingerprint density at radius 2 is 1.84 bits per heavy atom. The minimum Gasteiger partial charge on any atom is -0.353 e. The molecule has 0 aromatic carbocycles. The molecule has 0 saturated heterocycles. The van der Waals surface area contributed by atoms with Crippen LogP contribution in [0.15, 0.2) is 9.59 Å². The maximum absolute atomic E-state index is 11.7. The quantitative estimate of drug-likeness (QED) is 0.723. The molecular weight excluding hydrogens is 246 g/mol. The lowest BCUT2D eigenvalue weighted by atomic mass is 10.1. The van der Waals surface area contributed by atoms with Crippen LogP contribution in [-0.2, 0) is 11.2 Å². The maximum atomic E-state index is 11.7. The number of carbonyl (C=O) groups is 1. The van der Waals surface area contributed by atoms with Crippen molar-refractivity contribution in [3.8, 4) is 0 Å². The second-order valence-electron chi connectivity index (χ2n) is 5.11. The summed E-state index contributed by atoms with van der Waals surface area (Å²) in [6, 6.07) is 0.0995. The molecule has 6 nitrogen and oxygen atoms in total. The van der Waals surface area contributed by atoms with Crippen LogP contribution in [0.5, 0.6) is 0 Å². The van der Waals surface area contributed by atoms with E-state index in [-0.39, 0.29) is 18.4 Å². The van der Waals surface area contributed by atoms with Crippen molar-refractivity contribution < 1.29 is 4.79 Å². The largest absolute Gasteiger partial charge is 0.353 e. The first kappa shape index (κ1) is 15.2. The van der Waals surface area contributed by atoms with Crippen LogP contribution >= 0.6 is 0 Å². The Kier molecular flexibility index (Phi) is 5.09. The van der Waals surface area contributed by atoms with Gasteiger partial charge in [0.2, 0.25) is 5.91 Å². The molecule has 1 atom stereocenters. The first-order valence-corrected chi connectivity index (χ1v) is 6.42. The van der Waals surface area contributed by atoms with Crippen LogP contribution in [0.1, 0.15) is 38.4 Å². The maximum Gasteiger partial charge on any atom is 0.325 e. The first-order chi connectivity index (χ1) is 8.81. The number of hydrogen-bond donors (Lipinski definition) is 3. The second-order valence-corrected chi connectivity index (χ2v) is 5.11. The molecule has 1 aromatic rings. The van der Waals surface area contributed by atoms with Crippen molar-refractivity contribution in [2.24, 2.45) is 5.92 Å². The summed E-state index contributed by atoms with van der Waals surface area (Å²) in [5.74, 6) is 0.272. The predicted octanol–water partition coefficient (Wildman–Crippen LogP) is 0.465. The number of aromatic amines is 2. The summed E-state index contributed by atoms with van der Waals surface area (Å²) in [5.41, 5.74) is 0.0143. The van der Waals surface area contributed by atoms with Gasteiger partial charge in [0.25, 0.3) is 5.56 Å². The Bertz CT molecular complexity index is 557. The molecule has 1 rings (SSSR count). The fourth-order valence-electron chi connectivity index (χ4n) is 1.66. The third kappa shape index (κ3) is 4.39. The van der Waals surface area contributed by atoms with E-state index >= 15 is 0 Å². The molecule has 0 saturated carbocycles. The van der Waals surface area contributed by atoms with Crippen molar-refractivity contribution in [1.82, 2.24) is 15.3 Å². The molecule has 106 valence electrons. The topological polar surface area (TPSA) is 94.8 Å². The van der Waals surface area contributed by atoms with Crippen molar-refractivity contribution in [2.75, 3.05) is 0 Å². The van der Waals surface area contributed by atoms with Gasteiger partial charge in [-0.25, -0.2) is 4.79 Å². The highest BCUT2D eigenvalue weighted by Gasteiger charge is 2.12. The number of rotatable bonds is 5. The van der Waals surface area contributed by atoms with E-state index in [0.29, 0.717) is 23.6 Å². The average Bonchev–Trinajstić information content (AvgIpc) is 2.27. The number of nitrogens with one attached hydrogen (secondary N) is 3. The molecule has 0 bridgehead atoms. The molecule has 0 radical (unpaired) electrons. The van der Waals surface area contributed by atoms with Gasteiger partial charge < -0.3 is 10.3 Å². The summed E-state index contributed by atoms with van der Waals surface area (Å²) in [5, 5.41) is 2.88. The van der Waals surface area contributed by atoms with E-state index in [1.807, 2.05) is 20.8 Å². The van der Waals surface area contributed by atoms with Crippen molar-refractivity contribution in [3.63, 3.8) is 0 Å². The summed E-state index contributed by atoms with van der Waals surface area (Å²) >= 11 is 0. The van der Waals surface area contributed by atoms with Gasteiger partial charge in [-0.2, -0.15) is 0 Å². The minimum atomic E-state index is -0.524. The molecule has 0 spiro atoms. The van der Waals surface area contributed by atoms with Crippen LogP contribution in [0.4, 0.5) is 0 Å².